The first kappa shape index (κ1) is 13.1. The predicted octanol–water partition coefficient (Wildman–Crippen LogP) is 1.79. The van der Waals surface area contributed by atoms with Gasteiger partial charge in [0.1, 0.15) is 0 Å². The Bertz CT molecular complexity index is 552. The average Bonchev–Trinajstić information content (AvgIpc) is 2.87. The highest BCUT2D eigenvalue weighted by atomic mass is 16.4. The van der Waals surface area contributed by atoms with Gasteiger partial charge in [-0.1, -0.05) is 11.3 Å². The Kier molecular flexibility index (Phi) is 4.12. The number of aromatic nitrogens is 3. The number of nitrogens with one attached hydrogen (secondary N) is 1. The van der Waals surface area contributed by atoms with Crippen LogP contribution in [0.4, 0.5) is 5.69 Å². The maximum Gasteiger partial charge on any atom is 0.337 e. The molecule has 0 atom stereocenters. The third-order valence-corrected chi connectivity index (χ3v) is 2.76. The van der Waals surface area contributed by atoms with Gasteiger partial charge in [-0.2, -0.15) is 0 Å². The smallest absolute Gasteiger partial charge is 0.337 e. The first-order valence-corrected chi connectivity index (χ1v) is 6.09. The molecule has 0 unspecified atom stereocenters. The number of aryl methyl sites for hydroxylation is 2. The molecule has 0 amide bonds. The number of nitrogens with zero attached hydrogens (tertiary/aromatic N) is 3. The topological polar surface area (TPSA) is 80.0 Å². The average molecular weight is 260 g/mol. The molecule has 0 bridgehead atoms. The normalized spacial score (nSPS) is 10.4. The lowest BCUT2D eigenvalue weighted by atomic mass is 10.1. The fraction of sp³-hybridized carbons (Fsp3) is 0.308. The van der Waals surface area contributed by atoms with Gasteiger partial charge >= 0.3 is 5.97 Å². The van der Waals surface area contributed by atoms with Gasteiger partial charge < -0.3 is 10.4 Å². The van der Waals surface area contributed by atoms with E-state index < -0.39 is 5.97 Å². The Hall–Kier alpha value is -2.37. The lowest BCUT2D eigenvalue weighted by Crippen LogP contribution is -2.10. The summed E-state index contributed by atoms with van der Waals surface area (Å²) in [5.41, 5.74) is 1.99. The molecule has 1 aromatic carbocycles. The second-order valence-electron chi connectivity index (χ2n) is 4.30. The Morgan fingerprint density at radius 1 is 1.47 bits per heavy atom. The molecule has 0 aliphatic rings. The van der Waals surface area contributed by atoms with Crippen molar-refractivity contribution in [3.8, 4) is 0 Å². The Balaban J connectivity index is 1.91. The van der Waals surface area contributed by atoms with Crippen LogP contribution in [0.3, 0.4) is 0 Å². The van der Waals surface area contributed by atoms with Crippen LogP contribution in [-0.2, 0) is 6.54 Å². The minimum absolute atomic E-state index is 0.298. The van der Waals surface area contributed by atoms with Gasteiger partial charge in [-0.05, 0) is 31.0 Å². The molecule has 0 saturated carbocycles. The van der Waals surface area contributed by atoms with Gasteiger partial charge in [0.2, 0.25) is 0 Å². The first-order valence-electron chi connectivity index (χ1n) is 6.09. The molecule has 2 aromatic rings. The van der Waals surface area contributed by atoms with Crippen molar-refractivity contribution in [1.29, 1.82) is 0 Å². The summed E-state index contributed by atoms with van der Waals surface area (Å²) in [4.78, 5) is 11.1. The standard InChI is InChI=1S/C13H16N4O2/c1-10-3-4-11(13(18)19)12(9-10)14-5-2-7-17-8-6-15-16-17/h3-4,6,8-9,14H,2,5,7H2,1H3,(H,18,19). The van der Waals surface area contributed by atoms with Crippen molar-refractivity contribution >= 4 is 11.7 Å². The summed E-state index contributed by atoms with van der Waals surface area (Å²) in [6, 6.07) is 5.26. The van der Waals surface area contributed by atoms with Gasteiger partial charge in [0, 0.05) is 25.0 Å². The summed E-state index contributed by atoms with van der Waals surface area (Å²) in [5.74, 6) is -0.918. The zero-order valence-electron chi connectivity index (χ0n) is 10.7. The predicted molar refractivity (Wildman–Crippen MR) is 71.3 cm³/mol. The number of rotatable bonds is 6. The van der Waals surface area contributed by atoms with Crippen molar-refractivity contribution in [1.82, 2.24) is 15.0 Å². The zero-order chi connectivity index (χ0) is 13.7. The molecule has 2 N–H and O–H groups in total. The van der Waals surface area contributed by atoms with Crippen molar-refractivity contribution in [3.05, 3.63) is 41.7 Å². The largest absolute Gasteiger partial charge is 0.478 e. The van der Waals surface area contributed by atoms with Gasteiger partial charge in [-0.25, -0.2) is 4.79 Å². The van der Waals surface area contributed by atoms with E-state index in [4.69, 9.17) is 5.11 Å². The minimum atomic E-state index is -0.918. The highest BCUT2D eigenvalue weighted by molar-refractivity contribution is 5.94. The molecule has 1 aromatic heterocycles. The molecule has 100 valence electrons. The molecule has 0 aliphatic heterocycles. The van der Waals surface area contributed by atoms with Crippen LogP contribution >= 0.6 is 0 Å². The monoisotopic (exact) mass is 260 g/mol. The van der Waals surface area contributed by atoms with Crippen LogP contribution in [-0.4, -0.2) is 32.6 Å². The van der Waals surface area contributed by atoms with E-state index in [0.717, 1.165) is 18.5 Å². The number of carboxylic acid groups (broad SMARTS) is 1. The molecule has 19 heavy (non-hydrogen) atoms. The van der Waals surface area contributed by atoms with Crippen LogP contribution in [0.2, 0.25) is 0 Å². The third-order valence-electron chi connectivity index (χ3n) is 2.76. The summed E-state index contributed by atoms with van der Waals surface area (Å²) in [6.45, 7) is 3.37. The fourth-order valence-electron chi connectivity index (χ4n) is 1.81. The molecule has 0 aliphatic carbocycles. The highest BCUT2D eigenvalue weighted by Crippen LogP contribution is 2.17. The number of hydrogen-bond donors (Lipinski definition) is 2. The van der Waals surface area contributed by atoms with E-state index in [1.165, 1.54) is 0 Å². The van der Waals surface area contributed by atoms with Crippen LogP contribution in [0.25, 0.3) is 0 Å². The summed E-state index contributed by atoms with van der Waals surface area (Å²) >= 11 is 0. The van der Waals surface area contributed by atoms with E-state index in [0.29, 0.717) is 17.8 Å². The van der Waals surface area contributed by atoms with E-state index in [-0.39, 0.29) is 0 Å². The Morgan fingerprint density at radius 2 is 2.32 bits per heavy atom. The van der Waals surface area contributed by atoms with Crippen molar-refractivity contribution in [2.75, 3.05) is 11.9 Å². The molecule has 6 nitrogen and oxygen atoms in total. The highest BCUT2D eigenvalue weighted by Gasteiger charge is 2.09. The second kappa shape index (κ2) is 5.99. The maximum absolute atomic E-state index is 11.1. The Labute approximate surface area is 111 Å². The van der Waals surface area contributed by atoms with Gasteiger partial charge in [-0.15, -0.1) is 5.10 Å². The molecule has 1 heterocycles. The van der Waals surface area contributed by atoms with Gasteiger partial charge in [0.25, 0.3) is 0 Å². The second-order valence-corrected chi connectivity index (χ2v) is 4.30. The van der Waals surface area contributed by atoms with Gasteiger partial charge in [-0.3, -0.25) is 4.68 Å². The molecule has 0 spiro atoms. The van der Waals surface area contributed by atoms with E-state index in [9.17, 15) is 4.79 Å². The number of carbonyl (C=O) groups is 1. The lowest BCUT2D eigenvalue weighted by molar-refractivity contribution is 0.0698. The van der Waals surface area contributed by atoms with Crippen molar-refractivity contribution < 1.29 is 9.90 Å². The quantitative estimate of drug-likeness (QED) is 0.774. The van der Waals surface area contributed by atoms with Crippen LogP contribution in [0.5, 0.6) is 0 Å². The Morgan fingerprint density at radius 3 is 3.00 bits per heavy atom. The van der Waals surface area contributed by atoms with Crippen LogP contribution in [0, 0.1) is 6.92 Å². The first-order chi connectivity index (χ1) is 9.16. The lowest BCUT2D eigenvalue weighted by Gasteiger charge is -2.10. The van der Waals surface area contributed by atoms with Crippen LogP contribution in [0.15, 0.2) is 30.6 Å². The summed E-state index contributed by atoms with van der Waals surface area (Å²) in [7, 11) is 0. The van der Waals surface area contributed by atoms with E-state index in [2.05, 4.69) is 15.6 Å². The van der Waals surface area contributed by atoms with Gasteiger partial charge in [0.05, 0.1) is 11.8 Å². The van der Waals surface area contributed by atoms with Crippen molar-refractivity contribution in [2.45, 2.75) is 19.9 Å². The van der Waals surface area contributed by atoms with Crippen molar-refractivity contribution in [2.24, 2.45) is 0 Å². The number of hydrogen-bond acceptors (Lipinski definition) is 4. The number of aromatic carboxylic acids is 1. The molecule has 6 heteroatoms. The number of anilines is 1. The van der Waals surface area contributed by atoms with Crippen LogP contribution in [0.1, 0.15) is 22.3 Å². The van der Waals surface area contributed by atoms with E-state index in [1.54, 1.807) is 29.2 Å². The van der Waals surface area contributed by atoms with E-state index in [1.807, 2.05) is 13.0 Å². The molecule has 0 fully saturated rings. The molecule has 0 saturated heterocycles. The molecular formula is C13H16N4O2. The number of benzene rings is 1. The van der Waals surface area contributed by atoms with Gasteiger partial charge in [0.15, 0.2) is 0 Å². The molecular weight excluding hydrogens is 244 g/mol. The van der Waals surface area contributed by atoms with Crippen LogP contribution < -0.4 is 5.32 Å². The molecule has 2 rings (SSSR count). The summed E-state index contributed by atoms with van der Waals surface area (Å²) in [6.07, 6.45) is 4.28. The molecule has 0 radical (unpaired) electrons. The zero-order valence-corrected chi connectivity index (χ0v) is 10.7. The summed E-state index contributed by atoms with van der Waals surface area (Å²) in [5, 5.41) is 19.8. The summed E-state index contributed by atoms with van der Waals surface area (Å²) < 4.78 is 1.75. The van der Waals surface area contributed by atoms with E-state index >= 15 is 0 Å². The third kappa shape index (κ3) is 3.54. The SMILES string of the molecule is Cc1ccc(C(=O)O)c(NCCCn2ccnn2)c1. The minimum Gasteiger partial charge on any atom is -0.478 e. The fourth-order valence-corrected chi connectivity index (χ4v) is 1.81. The number of carboxylic acids is 1. The maximum atomic E-state index is 11.1. The van der Waals surface area contributed by atoms with Crippen molar-refractivity contribution in [3.63, 3.8) is 0 Å².